The minimum absolute atomic E-state index is 0.224. The molecule has 0 aliphatic rings. The molecule has 0 aromatic heterocycles. The molecule has 0 atom stereocenters. The second kappa shape index (κ2) is 5.66. The fourth-order valence-electron chi connectivity index (χ4n) is 1.65. The molecule has 0 bridgehead atoms. The first-order valence-electron chi connectivity index (χ1n) is 5.31. The summed E-state index contributed by atoms with van der Waals surface area (Å²) in [4.78, 5) is 12.9. The summed E-state index contributed by atoms with van der Waals surface area (Å²) in [5.41, 5.74) is 2.63. The van der Waals surface area contributed by atoms with Crippen molar-refractivity contribution in [3.8, 4) is 0 Å². The standard InChI is InChI=1S/C13H19NO/c1-11-5-4-6-13(9-11)7-8-14(3)10-12(2)15/h4-6,9H,7-8,10H2,1-3H3. The second-order valence-electron chi connectivity index (χ2n) is 4.18. The van der Waals surface area contributed by atoms with E-state index >= 15 is 0 Å². The van der Waals surface area contributed by atoms with Gasteiger partial charge in [0.1, 0.15) is 5.78 Å². The van der Waals surface area contributed by atoms with E-state index < -0.39 is 0 Å². The summed E-state index contributed by atoms with van der Waals surface area (Å²) in [6.45, 7) is 5.21. The van der Waals surface area contributed by atoms with E-state index in [-0.39, 0.29) is 5.78 Å². The Labute approximate surface area is 91.9 Å². The van der Waals surface area contributed by atoms with Crippen LogP contribution in [0.1, 0.15) is 18.1 Å². The van der Waals surface area contributed by atoms with Crippen molar-refractivity contribution >= 4 is 5.78 Å². The van der Waals surface area contributed by atoms with Gasteiger partial charge in [0, 0.05) is 6.54 Å². The van der Waals surface area contributed by atoms with Crippen LogP contribution in [-0.2, 0) is 11.2 Å². The number of likely N-dealkylation sites (N-methyl/N-ethyl adjacent to an activating group) is 1. The molecule has 0 fully saturated rings. The van der Waals surface area contributed by atoms with E-state index in [0.29, 0.717) is 6.54 Å². The highest BCUT2D eigenvalue weighted by atomic mass is 16.1. The molecule has 0 N–H and O–H groups in total. The summed E-state index contributed by atoms with van der Waals surface area (Å²) in [5.74, 6) is 0.224. The van der Waals surface area contributed by atoms with E-state index in [2.05, 4.69) is 36.1 Å². The van der Waals surface area contributed by atoms with Crippen molar-refractivity contribution < 1.29 is 4.79 Å². The zero-order chi connectivity index (χ0) is 11.3. The number of nitrogens with zero attached hydrogens (tertiary/aromatic N) is 1. The third-order valence-corrected chi connectivity index (χ3v) is 2.36. The van der Waals surface area contributed by atoms with Gasteiger partial charge in [-0.15, -0.1) is 0 Å². The van der Waals surface area contributed by atoms with Gasteiger partial charge in [0.15, 0.2) is 0 Å². The average Bonchev–Trinajstić information content (AvgIpc) is 2.14. The lowest BCUT2D eigenvalue weighted by molar-refractivity contribution is -0.117. The molecule has 0 saturated heterocycles. The number of rotatable bonds is 5. The van der Waals surface area contributed by atoms with E-state index in [1.54, 1.807) is 6.92 Å². The van der Waals surface area contributed by atoms with Crippen LogP contribution in [-0.4, -0.2) is 30.8 Å². The van der Waals surface area contributed by atoms with Crippen LogP contribution in [0.25, 0.3) is 0 Å². The van der Waals surface area contributed by atoms with E-state index in [9.17, 15) is 4.79 Å². The average molecular weight is 205 g/mol. The number of ketones is 1. The van der Waals surface area contributed by atoms with Crippen LogP contribution in [0.3, 0.4) is 0 Å². The van der Waals surface area contributed by atoms with Crippen molar-refractivity contribution in [3.63, 3.8) is 0 Å². The van der Waals surface area contributed by atoms with Crippen molar-refractivity contribution in [1.82, 2.24) is 4.90 Å². The van der Waals surface area contributed by atoms with Gasteiger partial charge in [-0.05, 0) is 32.9 Å². The minimum atomic E-state index is 0.224. The molecule has 0 amide bonds. The number of hydrogen-bond donors (Lipinski definition) is 0. The maximum Gasteiger partial charge on any atom is 0.143 e. The van der Waals surface area contributed by atoms with Crippen LogP contribution >= 0.6 is 0 Å². The molecular weight excluding hydrogens is 186 g/mol. The number of hydrogen-bond acceptors (Lipinski definition) is 2. The van der Waals surface area contributed by atoms with Gasteiger partial charge in [0.05, 0.1) is 6.54 Å². The molecule has 2 heteroatoms. The smallest absolute Gasteiger partial charge is 0.143 e. The monoisotopic (exact) mass is 205 g/mol. The van der Waals surface area contributed by atoms with Crippen LogP contribution in [0, 0.1) is 6.92 Å². The van der Waals surface area contributed by atoms with Crippen molar-refractivity contribution in [2.24, 2.45) is 0 Å². The predicted molar refractivity (Wildman–Crippen MR) is 63.1 cm³/mol. The largest absolute Gasteiger partial charge is 0.299 e. The molecule has 15 heavy (non-hydrogen) atoms. The number of Topliss-reactive ketones (excluding diaryl/α,β-unsaturated/α-hetero) is 1. The number of carbonyl (C=O) groups is 1. The molecular formula is C13H19NO. The van der Waals surface area contributed by atoms with Gasteiger partial charge in [-0.1, -0.05) is 29.8 Å². The van der Waals surface area contributed by atoms with Gasteiger partial charge in [0.25, 0.3) is 0 Å². The Kier molecular flexibility index (Phi) is 4.50. The molecule has 2 nitrogen and oxygen atoms in total. The third kappa shape index (κ3) is 4.75. The molecule has 82 valence electrons. The predicted octanol–water partition coefficient (Wildman–Crippen LogP) is 2.06. The lowest BCUT2D eigenvalue weighted by Gasteiger charge is -2.14. The fraction of sp³-hybridized carbons (Fsp3) is 0.462. The highest BCUT2D eigenvalue weighted by Gasteiger charge is 2.01. The molecule has 0 aliphatic heterocycles. The first kappa shape index (κ1) is 11.9. The van der Waals surface area contributed by atoms with Crippen LogP contribution in [0.4, 0.5) is 0 Å². The van der Waals surface area contributed by atoms with Gasteiger partial charge in [0.2, 0.25) is 0 Å². The van der Waals surface area contributed by atoms with Crippen LogP contribution in [0.15, 0.2) is 24.3 Å². The zero-order valence-electron chi connectivity index (χ0n) is 9.79. The van der Waals surface area contributed by atoms with Crippen LogP contribution < -0.4 is 0 Å². The molecule has 0 radical (unpaired) electrons. The number of aryl methyl sites for hydroxylation is 1. The summed E-state index contributed by atoms with van der Waals surface area (Å²) in [7, 11) is 1.98. The summed E-state index contributed by atoms with van der Waals surface area (Å²) >= 11 is 0. The van der Waals surface area contributed by atoms with Crippen molar-refractivity contribution in [3.05, 3.63) is 35.4 Å². The summed E-state index contributed by atoms with van der Waals surface area (Å²) in [5, 5.41) is 0. The highest BCUT2D eigenvalue weighted by Crippen LogP contribution is 2.05. The Morgan fingerprint density at radius 1 is 1.40 bits per heavy atom. The van der Waals surface area contributed by atoms with E-state index in [0.717, 1.165) is 13.0 Å². The second-order valence-corrected chi connectivity index (χ2v) is 4.18. The lowest BCUT2D eigenvalue weighted by Crippen LogP contribution is -2.26. The Hall–Kier alpha value is -1.15. The summed E-state index contributed by atoms with van der Waals surface area (Å²) in [6.07, 6.45) is 1.01. The zero-order valence-corrected chi connectivity index (χ0v) is 9.79. The normalized spacial score (nSPS) is 10.7. The van der Waals surface area contributed by atoms with Crippen LogP contribution in [0.2, 0.25) is 0 Å². The summed E-state index contributed by atoms with van der Waals surface area (Å²) < 4.78 is 0. The molecule has 1 aromatic carbocycles. The summed E-state index contributed by atoms with van der Waals surface area (Å²) in [6, 6.07) is 8.51. The highest BCUT2D eigenvalue weighted by molar-refractivity contribution is 5.77. The number of benzene rings is 1. The SMILES string of the molecule is CC(=O)CN(C)CCc1cccc(C)c1. The van der Waals surface area contributed by atoms with Gasteiger partial charge in [-0.25, -0.2) is 0 Å². The van der Waals surface area contributed by atoms with Gasteiger partial charge in [-0.2, -0.15) is 0 Å². The van der Waals surface area contributed by atoms with E-state index in [1.807, 2.05) is 7.05 Å². The molecule has 0 aliphatic carbocycles. The molecule has 0 unspecified atom stereocenters. The minimum Gasteiger partial charge on any atom is -0.299 e. The van der Waals surface area contributed by atoms with Crippen molar-refractivity contribution in [1.29, 1.82) is 0 Å². The Morgan fingerprint density at radius 3 is 2.73 bits per heavy atom. The van der Waals surface area contributed by atoms with Crippen molar-refractivity contribution in [2.45, 2.75) is 20.3 Å². The van der Waals surface area contributed by atoms with E-state index in [1.165, 1.54) is 11.1 Å². The molecule has 1 aromatic rings. The van der Waals surface area contributed by atoms with E-state index in [4.69, 9.17) is 0 Å². The third-order valence-electron chi connectivity index (χ3n) is 2.36. The van der Waals surface area contributed by atoms with Gasteiger partial charge in [-0.3, -0.25) is 9.69 Å². The maximum atomic E-state index is 10.9. The van der Waals surface area contributed by atoms with Crippen molar-refractivity contribution in [2.75, 3.05) is 20.1 Å². The number of carbonyl (C=O) groups excluding carboxylic acids is 1. The fourth-order valence-corrected chi connectivity index (χ4v) is 1.65. The maximum absolute atomic E-state index is 10.9. The Morgan fingerprint density at radius 2 is 2.13 bits per heavy atom. The van der Waals surface area contributed by atoms with Gasteiger partial charge < -0.3 is 0 Å². The first-order valence-corrected chi connectivity index (χ1v) is 5.31. The first-order chi connectivity index (χ1) is 7.08. The molecule has 0 spiro atoms. The Bertz CT molecular complexity index is 333. The Balaban J connectivity index is 2.40. The van der Waals surface area contributed by atoms with Crippen LogP contribution in [0.5, 0.6) is 0 Å². The molecule has 0 heterocycles. The van der Waals surface area contributed by atoms with Gasteiger partial charge >= 0.3 is 0 Å². The quantitative estimate of drug-likeness (QED) is 0.733. The topological polar surface area (TPSA) is 20.3 Å². The lowest BCUT2D eigenvalue weighted by atomic mass is 10.1. The molecule has 1 rings (SSSR count). The molecule has 0 saturated carbocycles.